The molecule has 2 heterocycles. The minimum Gasteiger partial charge on any atom is -0.334 e. The second kappa shape index (κ2) is 6.02. The number of likely N-dealkylation sites (tertiary alicyclic amines) is 1. The van der Waals surface area contributed by atoms with Crippen LogP contribution in [0, 0.1) is 0 Å². The Morgan fingerprint density at radius 3 is 3.00 bits per heavy atom. The molecule has 1 saturated heterocycles. The molecule has 0 saturated carbocycles. The predicted molar refractivity (Wildman–Crippen MR) is 68.3 cm³/mol. The van der Waals surface area contributed by atoms with Crippen LogP contribution in [0.1, 0.15) is 30.1 Å². The van der Waals surface area contributed by atoms with Crippen molar-refractivity contribution in [3.8, 4) is 0 Å². The van der Waals surface area contributed by atoms with E-state index in [4.69, 9.17) is 5.73 Å². The lowest BCUT2D eigenvalue weighted by Gasteiger charge is -2.22. The van der Waals surface area contributed by atoms with Crippen LogP contribution in [0.15, 0.2) is 12.4 Å². The van der Waals surface area contributed by atoms with Crippen molar-refractivity contribution >= 4 is 18.3 Å². The van der Waals surface area contributed by atoms with Gasteiger partial charge in [0.15, 0.2) is 0 Å². The van der Waals surface area contributed by atoms with Crippen LogP contribution in [0.5, 0.6) is 0 Å². The molecule has 1 aromatic heterocycles. The monoisotopic (exact) mass is 258 g/mol. The summed E-state index contributed by atoms with van der Waals surface area (Å²) < 4.78 is 1.76. The fourth-order valence-electron chi connectivity index (χ4n) is 2.16. The molecule has 1 unspecified atom stereocenters. The number of rotatable bonds is 3. The summed E-state index contributed by atoms with van der Waals surface area (Å²) in [6.07, 6.45) is 5.51. The first-order chi connectivity index (χ1) is 7.76. The maximum atomic E-state index is 12.2. The third kappa shape index (κ3) is 2.79. The molecular formula is C11H19ClN4O. The third-order valence-electron chi connectivity index (χ3n) is 3.11. The molecule has 2 rings (SSSR count). The summed E-state index contributed by atoms with van der Waals surface area (Å²) in [5, 5.41) is 4.12. The van der Waals surface area contributed by atoms with Gasteiger partial charge in [0.1, 0.15) is 0 Å². The van der Waals surface area contributed by atoms with Crippen LogP contribution in [0.4, 0.5) is 0 Å². The molecule has 1 fully saturated rings. The molecule has 1 aromatic rings. The highest BCUT2D eigenvalue weighted by molar-refractivity contribution is 5.94. The van der Waals surface area contributed by atoms with E-state index >= 15 is 0 Å². The number of hydrogen-bond acceptors (Lipinski definition) is 3. The summed E-state index contributed by atoms with van der Waals surface area (Å²) in [5.41, 5.74) is 6.33. The highest BCUT2D eigenvalue weighted by Crippen LogP contribution is 2.18. The van der Waals surface area contributed by atoms with Crippen molar-refractivity contribution in [2.45, 2.75) is 32.4 Å². The molecule has 1 amide bonds. The quantitative estimate of drug-likeness (QED) is 0.876. The number of nitrogens with two attached hydrogens (primary N) is 1. The Kier molecular flexibility index (Phi) is 4.96. The first-order valence-electron chi connectivity index (χ1n) is 5.79. The first kappa shape index (κ1) is 14.0. The van der Waals surface area contributed by atoms with E-state index in [0.717, 1.165) is 25.9 Å². The van der Waals surface area contributed by atoms with Crippen molar-refractivity contribution in [1.29, 1.82) is 0 Å². The number of halogens is 1. The van der Waals surface area contributed by atoms with Crippen molar-refractivity contribution in [2.24, 2.45) is 5.73 Å². The van der Waals surface area contributed by atoms with E-state index in [-0.39, 0.29) is 24.4 Å². The van der Waals surface area contributed by atoms with Crippen molar-refractivity contribution in [3.05, 3.63) is 18.0 Å². The molecule has 0 spiro atoms. The molecule has 1 aliphatic rings. The zero-order valence-electron chi connectivity index (χ0n) is 10.0. The van der Waals surface area contributed by atoms with Crippen LogP contribution in [-0.2, 0) is 6.54 Å². The molecule has 96 valence electrons. The average Bonchev–Trinajstić information content (AvgIpc) is 2.96. The van der Waals surface area contributed by atoms with Crippen LogP contribution >= 0.6 is 12.4 Å². The fraction of sp³-hybridized carbons (Fsp3) is 0.636. The van der Waals surface area contributed by atoms with Crippen LogP contribution in [0.2, 0.25) is 0 Å². The molecular weight excluding hydrogens is 240 g/mol. The van der Waals surface area contributed by atoms with E-state index in [0.29, 0.717) is 12.1 Å². The molecule has 5 nitrogen and oxygen atoms in total. The van der Waals surface area contributed by atoms with Gasteiger partial charge in [-0.25, -0.2) is 0 Å². The van der Waals surface area contributed by atoms with E-state index in [1.807, 2.05) is 11.8 Å². The van der Waals surface area contributed by atoms with Gasteiger partial charge < -0.3 is 10.6 Å². The average molecular weight is 259 g/mol. The first-order valence-corrected chi connectivity index (χ1v) is 5.79. The highest BCUT2D eigenvalue weighted by atomic mass is 35.5. The van der Waals surface area contributed by atoms with Crippen molar-refractivity contribution in [2.75, 3.05) is 13.1 Å². The highest BCUT2D eigenvalue weighted by Gasteiger charge is 2.28. The van der Waals surface area contributed by atoms with E-state index < -0.39 is 0 Å². The Balaban J connectivity index is 0.00000144. The lowest BCUT2D eigenvalue weighted by molar-refractivity contribution is 0.0741. The number of nitrogens with zero attached hydrogens (tertiary/aromatic N) is 3. The number of aromatic nitrogens is 2. The van der Waals surface area contributed by atoms with Gasteiger partial charge in [0.2, 0.25) is 0 Å². The van der Waals surface area contributed by atoms with E-state index in [1.54, 1.807) is 17.1 Å². The second-order valence-electron chi connectivity index (χ2n) is 4.12. The summed E-state index contributed by atoms with van der Waals surface area (Å²) in [7, 11) is 0. The van der Waals surface area contributed by atoms with Crippen LogP contribution in [-0.4, -0.2) is 39.7 Å². The molecule has 1 aliphatic heterocycles. The SMILES string of the molecule is CCn1cc(C(=O)N2CCCC2CN)cn1.Cl. The molecule has 0 radical (unpaired) electrons. The molecule has 6 heteroatoms. The minimum absolute atomic E-state index is 0. The molecule has 0 aliphatic carbocycles. The molecule has 1 atom stereocenters. The van der Waals surface area contributed by atoms with E-state index in [9.17, 15) is 4.79 Å². The summed E-state index contributed by atoms with van der Waals surface area (Å²) in [5.74, 6) is 0.0626. The third-order valence-corrected chi connectivity index (χ3v) is 3.11. The predicted octanol–water partition coefficient (Wildman–Crippen LogP) is 0.888. The van der Waals surface area contributed by atoms with Gasteiger partial charge in [-0.1, -0.05) is 0 Å². The van der Waals surface area contributed by atoms with Crippen LogP contribution in [0.3, 0.4) is 0 Å². The van der Waals surface area contributed by atoms with E-state index in [1.165, 1.54) is 0 Å². The zero-order valence-corrected chi connectivity index (χ0v) is 10.8. The molecule has 0 bridgehead atoms. The van der Waals surface area contributed by atoms with Gasteiger partial charge in [-0.15, -0.1) is 12.4 Å². The van der Waals surface area contributed by atoms with Crippen molar-refractivity contribution in [1.82, 2.24) is 14.7 Å². The van der Waals surface area contributed by atoms with Gasteiger partial charge in [-0.2, -0.15) is 5.10 Å². The van der Waals surface area contributed by atoms with Crippen molar-refractivity contribution in [3.63, 3.8) is 0 Å². The number of aryl methyl sites for hydroxylation is 1. The van der Waals surface area contributed by atoms with Gasteiger partial charge in [0.25, 0.3) is 5.91 Å². The van der Waals surface area contributed by atoms with Crippen molar-refractivity contribution < 1.29 is 4.79 Å². The fourth-order valence-corrected chi connectivity index (χ4v) is 2.16. The van der Waals surface area contributed by atoms with Crippen LogP contribution < -0.4 is 5.73 Å². The molecule has 2 N–H and O–H groups in total. The Hall–Kier alpha value is -1.07. The lowest BCUT2D eigenvalue weighted by Crippen LogP contribution is -2.39. The normalized spacial score (nSPS) is 19.2. The van der Waals surface area contributed by atoms with E-state index in [2.05, 4.69) is 5.10 Å². The van der Waals surface area contributed by atoms with Gasteiger partial charge >= 0.3 is 0 Å². The lowest BCUT2D eigenvalue weighted by atomic mass is 10.2. The van der Waals surface area contributed by atoms with Gasteiger partial charge in [-0.05, 0) is 19.8 Å². The number of amides is 1. The number of carbonyl (C=O) groups excluding carboxylic acids is 1. The number of hydrogen-bond donors (Lipinski definition) is 1. The minimum atomic E-state index is 0. The standard InChI is InChI=1S/C11H18N4O.ClH/c1-2-14-8-9(7-13-14)11(16)15-5-3-4-10(15)6-12;/h7-8,10H,2-6,12H2,1H3;1H. The summed E-state index contributed by atoms with van der Waals surface area (Å²) in [6, 6.07) is 0.206. The smallest absolute Gasteiger partial charge is 0.257 e. The van der Waals surface area contributed by atoms with Gasteiger partial charge in [0.05, 0.1) is 11.8 Å². The molecule has 0 aromatic carbocycles. The largest absolute Gasteiger partial charge is 0.334 e. The Bertz CT molecular complexity index is 379. The van der Waals surface area contributed by atoms with Gasteiger partial charge in [-0.3, -0.25) is 9.48 Å². The van der Waals surface area contributed by atoms with Gasteiger partial charge in [0, 0.05) is 31.9 Å². The summed E-state index contributed by atoms with van der Waals surface area (Å²) >= 11 is 0. The molecule has 17 heavy (non-hydrogen) atoms. The Morgan fingerprint density at radius 1 is 1.65 bits per heavy atom. The maximum absolute atomic E-state index is 12.2. The Labute approximate surface area is 107 Å². The Morgan fingerprint density at radius 2 is 2.41 bits per heavy atom. The zero-order chi connectivity index (χ0) is 11.5. The topological polar surface area (TPSA) is 64.2 Å². The second-order valence-corrected chi connectivity index (χ2v) is 4.12. The number of carbonyl (C=O) groups is 1. The van der Waals surface area contributed by atoms with Crippen LogP contribution in [0.25, 0.3) is 0 Å². The summed E-state index contributed by atoms with van der Waals surface area (Å²) in [6.45, 7) is 4.15. The summed E-state index contributed by atoms with van der Waals surface area (Å²) in [4.78, 5) is 14.0. The maximum Gasteiger partial charge on any atom is 0.257 e.